The largest absolute Gasteiger partial charge is 0.416 e. The second-order valence-electron chi connectivity index (χ2n) is 7.00. The minimum Gasteiger partial charge on any atom is -0.329 e. The van der Waals surface area contributed by atoms with E-state index in [4.69, 9.17) is 0 Å². The van der Waals surface area contributed by atoms with E-state index in [2.05, 4.69) is 10.3 Å². The molecule has 2 atom stereocenters. The van der Waals surface area contributed by atoms with Crippen molar-refractivity contribution >= 4 is 23.4 Å². The summed E-state index contributed by atoms with van der Waals surface area (Å²) in [5.74, 6) is -0.358. The minimum atomic E-state index is -4.35. The van der Waals surface area contributed by atoms with E-state index in [9.17, 15) is 18.0 Å². The van der Waals surface area contributed by atoms with Gasteiger partial charge in [0.05, 0.1) is 5.56 Å². The molecule has 4 rings (SSSR count). The van der Waals surface area contributed by atoms with Crippen LogP contribution in [-0.2, 0) is 18.0 Å². The number of hydrogen-bond donors (Lipinski definition) is 1. The second kappa shape index (κ2) is 7.59. The Kier molecular flexibility index (Phi) is 5.12. The number of alkyl halides is 3. The highest BCUT2D eigenvalue weighted by Gasteiger charge is 2.44. The van der Waals surface area contributed by atoms with Crippen molar-refractivity contribution in [3.05, 3.63) is 72.1 Å². The van der Waals surface area contributed by atoms with E-state index in [0.717, 1.165) is 27.7 Å². The van der Waals surface area contributed by atoms with Gasteiger partial charge in [0.25, 0.3) is 0 Å². The van der Waals surface area contributed by atoms with Crippen molar-refractivity contribution in [1.29, 1.82) is 0 Å². The first-order valence-electron chi connectivity index (χ1n) is 9.04. The molecule has 0 aliphatic heterocycles. The number of halogens is 3. The average Bonchev–Trinajstić information content (AvgIpc) is 3.40. The molecule has 150 valence electrons. The molecule has 0 saturated heterocycles. The molecule has 2 unspecified atom stereocenters. The van der Waals surface area contributed by atoms with Crippen LogP contribution >= 0.6 is 11.8 Å². The van der Waals surface area contributed by atoms with Crippen LogP contribution in [0.25, 0.3) is 0 Å². The first kappa shape index (κ1) is 19.6. The Balaban J connectivity index is 1.34. The molecule has 1 aromatic heterocycles. The van der Waals surface area contributed by atoms with Crippen molar-refractivity contribution in [3.8, 4) is 0 Å². The van der Waals surface area contributed by atoms with E-state index in [0.29, 0.717) is 12.1 Å². The van der Waals surface area contributed by atoms with E-state index < -0.39 is 11.7 Å². The molecule has 3 aromatic rings. The number of amides is 1. The molecule has 1 aliphatic rings. The van der Waals surface area contributed by atoms with Gasteiger partial charge in [0.15, 0.2) is 5.16 Å². The van der Waals surface area contributed by atoms with Crippen molar-refractivity contribution in [2.24, 2.45) is 13.0 Å². The third-order valence-corrected chi connectivity index (χ3v) is 5.99. The molecule has 1 fully saturated rings. The lowest BCUT2D eigenvalue weighted by Gasteiger charge is -2.08. The zero-order valence-electron chi connectivity index (χ0n) is 15.5. The standard InChI is InChI=1S/C21H18F3N3OS/c1-27-11-10-25-20(27)29-16-8-6-15(7-9-16)26-19(28)18-12-17(18)13-2-4-14(5-3-13)21(22,23)24/h2-11,17-18H,12H2,1H3,(H,26,28). The van der Waals surface area contributed by atoms with Gasteiger partial charge in [-0.15, -0.1) is 0 Å². The summed E-state index contributed by atoms with van der Waals surface area (Å²) in [6.45, 7) is 0. The monoisotopic (exact) mass is 417 g/mol. The Bertz CT molecular complexity index is 1010. The third-order valence-electron chi connectivity index (χ3n) is 4.90. The molecular weight excluding hydrogens is 399 g/mol. The highest BCUT2D eigenvalue weighted by molar-refractivity contribution is 7.99. The maximum Gasteiger partial charge on any atom is 0.416 e. The summed E-state index contributed by atoms with van der Waals surface area (Å²) in [5, 5.41) is 3.76. The topological polar surface area (TPSA) is 46.9 Å². The number of nitrogens with zero attached hydrogens (tertiary/aromatic N) is 2. The lowest BCUT2D eigenvalue weighted by atomic mass is 10.1. The van der Waals surface area contributed by atoms with E-state index in [1.54, 1.807) is 6.20 Å². The molecule has 4 nitrogen and oxygen atoms in total. The van der Waals surface area contributed by atoms with Crippen LogP contribution in [0.3, 0.4) is 0 Å². The smallest absolute Gasteiger partial charge is 0.329 e. The van der Waals surface area contributed by atoms with Gasteiger partial charge in [-0.05, 0) is 54.3 Å². The number of rotatable bonds is 5. The Morgan fingerprint density at radius 2 is 1.83 bits per heavy atom. The van der Waals surface area contributed by atoms with Crippen LogP contribution in [0.4, 0.5) is 18.9 Å². The fraction of sp³-hybridized carbons (Fsp3) is 0.238. The van der Waals surface area contributed by atoms with Gasteiger partial charge in [0.2, 0.25) is 5.91 Å². The fourth-order valence-corrected chi connectivity index (χ4v) is 3.97. The van der Waals surface area contributed by atoms with Crippen LogP contribution in [0, 0.1) is 5.92 Å². The summed E-state index contributed by atoms with van der Waals surface area (Å²) in [5.41, 5.74) is 0.781. The van der Waals surface area contributed by atoms with E-state index in [1.165, 1.54) is 23.9 Å². The summed E-state index contributed by atoms with van der Waals surface area (Å²) in [7, 11) is 1.92. The minimum absolute atomic E-state index is 0.0319. The second-order valence-corrected chi connectivity index (χ2v) is 8.05. The van der Waals surface area contributed by atoms with Crippen molar-refractivity contribution in [2.45, 2.75) is 28.6 Å². The van der Waals surface area contributed by atoms with Crippen LogP contribution in [0.5, 0.6) is 0 Å². The number of hydrogen-bond acceptors (Lipinski definition) is 3. The van der Waals surface area contributed by atoms with Gasteiger partial charge in [0.1, 0.15) is 0 Å². The zero-order valence-corrected chi connectivity index (χ0v) is 16.3. The Morgan fingerprint density at radius 3 is 2.41 bits per heavy atom. The van der Waals surface area contributed by atoms with Crippen LogP contribution in [-0.4, -0.2) is 15.5 Å². The molecule has 1 aliphatic carbocycles. The van der Waals surface area contributed by atoms with Gasteiger partial charge in [-0.3, -0.25) is 4.79 Å². The fourth-order valence-electron chi connectivity index (χ4n) is 3.17. The number of imidazole rings is 1. The van der Waals surface area contributed by atoms with Crippen LogP contribution in [0.1, 0.15) is 23.5 Å². The maximum absolute atomic E-state index is 12.7. The number of aryl methyl sites for hydroxylation is 1. The maximum atomic E-state index is 12.7. The van der Waals surface area contributed by atoms with Crippen LogP contribution in [0.2, 0.25) is 0 Å². The lowest BCUT2D eigenvalue weighted by molar-refractivity contribution is -0.137. The first-order valence-corrected chi connectivity index (χ1v) is 9.86. The number of anilines is 1. The average molecular weight is 417 g/mol. The number of aromatic nitrogens is 2. The highest BCUT2D eigenvalue weighted by atomic mass is 32.2. The predicted molar refractivity (Wildman–Crippen MR) is 105 cm³/mol. The van der Waals surface area contributed by atoms with Gasteiger partial charge in [-0.2, -0.15) is 13.2 Å². The summed E-state index contributed by atoms with van der Waals surface area (Å²) < 4.78 is 39.9. The first-order chi connectivity index (χ1) is 13.8. The normalized spacial score (nSPS) is 18.5. The van der Waals surface area contributed by atoms with Crippen LogP contribution in [0.15, 0.2) is 71.0 Å². The lowest BCUT2D eigenvalue weighted by Crippen LogP contribution is -2.14. The van der Waals surface area contributed by atoms with Crippen LogP contribution < -0.4 is 5.32 Å². The Hall–Kier alpha value is -2.74. The number of benzene rings is 2. The van der Waals surface area contributed by atoms with Gasteiger partial charge in [0, 0.05) is 35.9 Å². The van der Waals surface area contributed by atoms with Gasteiger partial charge in [-0.25, -0.2) is 4.98 Å². The molecule has 1 amide bonds. The molecular formula is C21H18F3N3OS. The molecule has 0 bridgehead atoms. The number of carbonyl (C=O) groups is 1. The summed E-state index contributed by atoms with van der Waals surface area (Å²) in [6.07, 6.45) is -0.0941. The highest BCUT2D eigenvalue weighted by Crippen LogP contribution is 2.48. The van der Waals surface area contributed by atoms with Gasteiger partial charge in [-0.1, -0.05) is 23.9 Å². The zero-order chi connectivity index (χ0) is 20.6. The summed E-state index contributed by atoms with van der Waals surface area (Å²) >= 11 is 1.53. The Labute approximate surface area is 170 Å². The van der Waals surface area contributed by atoms with Crippen molar-refractivity contribution < 1.29 is 18.0 Å². The molecule has 0 spiro atoms. The molecule has 29 heavy (non-hydrogen) atoms. The molecule has 2 aromatic carbocycles. The summed E-state index contributed by atoms with van der Waals surface area (Å²) in [6, 6.07) is 12.6. The van der Waals surface area contributed by atoms with Crippen molar-refractivity contribution in [1.82, 2.24) is 9.55 Å². The van der Waals surface area contributed by atoms with Gasteiger partial charge < -0.3 is 9.88 Å². The molecule has 0 radical (unpaired) electrons. The molecule has 8 heteroatoms. The molecule has 1 N–H and O–H groups in total. The Morgan fingerprint density at radius 1 is 1.14 bits per heavy atom. The number of nitrogens with one attached hydrogen (secondary N) is 1. The SMILES string of the molecule is Cn1ccnc1Sc1ccc(NC(=O)C2CC2c2ccc(C(F)(F)F)cc2)cc1. The quantitative estimate of drug-likeness (QED) is 0.610. The van der Waals surface area contributed by atoms with Gasteiger partial charge >= 0.3 is 6.18 Å². The number of carbonyl (C=O) groups excluding carboxylic acids is 1. The van der Waals surface area contributed by atoms with E-state index in [-0.39, 0.29) is 17.7 Å². The van der Waals surface area contributed by atoms with E-state index >= 15 is 0 Å². The molecule has 1 heterocycles. The molecule has 1 saturated carbocycles. The predicted octanol–water partition coefficient (Wildman–Crippen LogP) is 5.33. The van der Waals surface area contributed by atoms with Crippen molar-refractivity contribution in [3.63, 3.8) is 0 Å². The summed E-state index contributed by atoms with van der Waals surface area (Å²) in [4.78, 5) is 17.7. The van der Waals surface area contributed by atoms with E-state index in [1.807, 2.05) is 42.1 Å². The third kappa shape index (κ3) is 4.48. The van der Waals surface area contributed by atoms with Crippen molar-refractivity contribution in [2.75, 3.05) is 5.32 Å².